The molecule has 1 fully saturated rings. The number of nitrogens with one attached hydrogen (secondary N) is 1. The zero-order valence-corrected chi connectivity index (χ0v) is 7.87. The van der Waals surface area contributed by atoms with Gasteiger partial charge < -0.3 is 5.32 Å². The number of nitriles is 1. The fourth-order valence-electron chi connectivity index (χ4n) is 1.53. The maximum absolute atomic E-state index is 8.83. The first-order chi connectivity index (χ1) is 5.23. The summed E-state index contributed by atoms with van der Waals surface area (Å²) in [6.07, 6.45) is 2.41. The fraction of sp³-hybridized carbons (Fsp3) is 0.875. The average molecular weight is 170 g/mol. The number of rotatable bonds is 2. The monoisotopic (exact) mass is 170 g/mol. The Kier molecular flexibility index (Phi) is 2.80. The summed E-state index contributed by atoms with van der Waals surface area (Å²) in [5, 5.41) is 11.9. The first-order valence-electron chi connectivity index (χ1n) is 3.94. The van der Waals surface area contributed by atoms with E-state index in [0.717, 1.165) is 6.42 Å². The molecule has 0 aliphatic carbocycles. The van der Waals surface area contributed by atoms with Crippen LogP contribution in [-0.4, -0.2) is 23.6 Å². The van der Waals surface area contributed by atoms with Crippen LogP contribution in [0.4, 0.5) is 0 Å². The Balaban J connectivity index is 2.62. The van der Waals surface area contributed by atoms with Crippen LogP contribution in [-0.2, 0) is 0 Å². The van der Waals surface area contributed by atoms with Crippen molar-refractivity contribution in [3.8, 4) is 6.07 Å². The normalized spacial score (nSPS) is 33.2. The Hall–Kier alpha value is -0.200. The molecule has 1 aliphatic rings. The predicted molar refractivity (Wildman–Crippen MR) is 48.6 cm³/mol. The summed E-state index contributed by atoms with van der Waals surface area (Å²) >= 11 is 1.92. The molecular weight excluding hydrogens is 156 g/mol. The van der Waals surface area contributed by atoms with Crippen molar-refractivity contribution < 1.29 is 0 Å². The molecule has 2 nitrogen and oxygen atoms in total. The third-order valence-electron chi connectivity index (χ3n) is 2.28. The van der Waals surface area contributed by atoms with Crippen LogP contribution in [0.1, 0.15) is 19.8 Å². The lowest BCUT2D eigenvalue weighted by Crippen LogP contribution is -2.42. The van der Waals surface area contributed by atoms with Gasteiger partial charge in [-0.05, 0) is 32.6 Å². The number of hydrogen-bond donors (Lipinski definition) is 1. The van der Waals surface area contributed by atoms with E-state index in [4.69, 9.17) is 5.26 Å². The van der Waals surface area contributed by atoms with Gasteiger partial charge in [-0.25, -0.2) is 0 Å². The third-order valence-corrected chi connectivity index (χ3v) is 3.87. The predicted octanol–water partition coefficient (Wildman–Crippen LogP) is 1.38. The van der Waals surface area contributed by atoms with Crippen LogP contribution >= 0.6 is 11.8 Å². The smallest absolute Gasteiger partial charge is 0.110 e. The second-order valence-electron chi connectivity index (χ2n) is 3.12. The zero-order valence-electron chi connectivity index (χ0n) is 7.05. The zero-order chi connectivity index (χ0) is 8.32. The fourth-order valence-corrected chi connectivity index (χ4v) is 2.92. The number of hydrogen-bond acceptors (Lipinski definition) is 3. The molecule has 0 spiro atoms. The molecule has 11 heavy (non-hydrogen) atoms. The van der Waals surface area contributed by atoms with Crippen molar-refractivity contribution in [1.29, 1.82) is 5.26 Å². The first-order valence-corrected chi connectivity index (χ1v) is 4.92. The van der Waals surface area contributed by atoms with E-state index < -0.39 is 0 Å². The Morgan fingerprint density at radius 1 is 1.73 bits per heavy atom. The van der Waals surface area contributed by atoms with Crippen LogP contribution in [0, 0.1) is 11.3 Å². The summed E-state index contributed by atoms with van der Waals surface area (Å²) in [6, 6.07) is 2.31. The van der Waals surface area contributed by atoms with Crippen molar-refractivity contribution in [1.82, 2.24) is 5.32 Å². The van der Waals surface area contributed by atoms with Gasteiger partial charge in [-0.15, -0.1) is 0 Å². The molecule has 1 aliphatic heterocycles. The summed E-state index contributed by atoms with van der Waals surface area (Å²) in [4.78, 5) is 0. The SMILES string of the molecule is CNC(C#N)C1(C)CCCS1. The number of nitrogens with zero attached hydrogens (tertiary/aromatic N) is 1. The van der Waals surface area contributed by atoms with E-state index in [-0.39, 0.29) is 10.8 Å². The highest BCUT2D eigenvalue weighted by molar-refractivity contribution is 8.00. The van der Waals surface area contributed by atoms with E-state index in [0.29, 0.717) is 0 Å². The van der Waals surface area contributed by atoms with Crippen molar-refractivity contribution in [3.63, 3.8) is 0 Å². The van der Waals surface area contributed by atoms with Gasteiger partial charge >= 0.3 is 0 Å². The molecule has 1 N–H and O–H groups in total. The van der Waals surface area contributed by atoms with E-state index in [1.165, 1.54) is 12.2 Å². The standard InChI is InChI=1S/C8H14N2S/c1-8(4-3-5-11-8)7(6-9)10-2/h7,10H,3-5H2,1-2H3. The molecule has 3 heteroatoms. The molecule has 0 bridgehead atoms. The van der Waals surface area contributed by atoms with Crippen LogP contribution in [0.2, 0.25) is 0 Å². The molecule has 1 rings (SSSR count). The lowest BCUT2D eigenvalue weighted by molar-refractivity contribution is 0.498. The largest absolute Gasteiger partial charge is 0.304 e. The molecule has 0 aromatic rings. The maximum Gasteiger partial charge on any atom is 0.110 e. The van der Waals surface area contributed by atoms with E-state index in [9.17, 15) is 0 Å². The molecule has 0 amide bonds. The van der Waals surface area contributed by atoms with Gasteiger partial charge in [-0.3, -0.25) is 0 Å². The molecule has 0 saturated carbocycles. The third kappa shape index (κ3) is 1.69. The molecule has 0 aromatic heterocycles. The van der Waals surface area contributed by atoms with E-state index in [1.54, 1.807) is 0 Å². The van der Waals surface area contributed by atoms with Crippen LogP contribution < -0.4 is 5.32 Å². The van der Waals surface area contributed by atoms with Gasteiger partial charge in [0.25, 0.3) is 0 Å². The van der Waals surface area contributed by atoms with Gasteiger partial charge in [0.1, 0.15) is 6.04 Å². The van der Waals surface area contributed by atoms with Gasteiger partial charge in [0.15, 0.2) is 0 Å². The van der Waals surface area contributed by atoms with Gasteiger partial charge in [-0.1, -0.05) is 0 Å². The van der Waals surface area contributed by atoms with Crippen LogP contribution in [0.5, 0.6) is 0 Å². The summed E-state index contributed by atoms with van der Waals surface area (Å²) in [5.41, 5.74) is 0. The lowest BCUT2D eigenvalue weighted by atomic mass is 9.97. The molecule has 0 radical (unpaired) electrons. The summed E-state index contributed by atoms with van der Waals surface area (Å²) in [7, 11) is 1.86. The number of thioether (sulfide) groups is 1. The molecule has 62 valence electrons. The molecule has 1 heterocycles. The lowest BCUT2D eigenvalue weighted by Gasteiger charge is -2.27. The van der Waals surface area contributed by atoms with Crippen molar-refractivity contribution in [3.05, 3.63) is 0 Å². The average Bonchev–Trinajstić information content (AvgIpc) is 2.39. The van der Waals surface area contributed by atoms with Crippen molar-refractivity contribution >= 4 is 11.8 Å². The minimum Gasteiger partial charge on any atom is -0.304 e. The quantitative estimate of drug-likeness (QED) is 0.680. The van der Waals surface area contributed by atoms with Crippen molar-refractivity contribution in [2.75, 3.05) is 12.8 Å². The Bertz CT molecular complexity index is 167. The Morgan fingerprint density at radius 2 is 2.45 bits per heavy atom. The van der Waals surface area contributed by atoms with E-state index >= 15 is 0 Å². The van der Waals surface area contributed by atoms with Crippen LogP contribution in [0.3, 0.4) is 0 Å². The van der Waals surface area contributed by atoms with Crippen molar-refractivity contribution in [2.45, 2.75) is 30.6 Å². The van der Waals surface area contributed by atoms with Gasteiger partial charge in [-0.2, -0.15) is 17.0 Å². The second-order valence-corrected chi connectivity index (χ2v) is 4.75. The summed E-state index contributed by atoms with van der Waals surface area (Å²) in [5.74, 6) is 1.20. The minimum absolute atomic E-state index is 0.00926. The Morgan fingerprint density at radius 3 is 2.82 bits per heavy atom. The van der Waals surface area contributed by atoms with Gasteiger partial charge in [0, 0.05) is 4.75 Å². The highest BCUT2D eigenvalue weighted by atomic mass is 32.2. The van der Waals surface area contributed by atoms with Gasteiger partial charge in [0.05, 0.1) is 6.07 Å². The molecular formula is C8H14N2S. The van der Waals surface area contributed by atoms with E-state index in [1.807, 2.05) is 18.8 Å². The first kappa shape index (κ1) is 8.89. The molecule has 1 saturated heterocycles. The highest BCUT2D eigenvalue weighted by Crippen LogP contribution is 2.40. The van der Waals surface area contributed by atoms with Crippen LogP contribution in [0.25, 0.3) is 0 Å². The van der Waals surface area contributed by atoms with Crippen LogP contribution in [0.15, 0.2) is 0 Å². The second kappa shape index (κ2) is 3.46. The highest BCUT2D eigenvalue weighted by Gasteiger charge is 2.37. The molecule has 2 atom stereocenters. The maximum atomic E-state index is 8.83. The van der Waals surface area contributed by atoms with E-state index in [2.05, 4.69) is 18.3 Å². The molecule has 2 unspecified atom stereocenters. The van der Waals surface area contributed by atoms with Gasteiger partial charge in [0.2, 0.25) is 0 Å². The van der Waals surface area contributed by atoms with Crippen molar-refractivity contribution in [2.24, 2.45) is 0 Å². The minimum atomic E-state index is 0.00926. The molecule has 0 aromatic carbocycles. The summed E-state index contributed by atoms with van der Waals surface area (Å²) in [6.45, 7) is 2.18. The summed E-state index contributed by atoms with van der Waals surface area (Å²) < 4.78 is 0.156. The topological polar surface area (TPSA) is 35.8 Å². The Labute approximate surface area is 72.4 Å².